The van der Waals surface area contributed by atoms with Crippen LogP contribution in [0, 0.1) is 6.92 Å². The van der Waals surface area contributed by atoms with Crippen LogP contribution in [0.5, 0.6) is 0 Å². The van der Waals surface area contributed by atoms with E-state index in [-0.39, 0.29) is 5.54 Å². The molecule has 2 N–H and O–H groups in total. The van der Waals surface area contributed by atoms with Crippen LogP contribution in [0.4, 0.5) is 0 Å². The summed E-state index contributed by atoms with van der Waals surface area (Å²) in [5, 5.41) is 0. The van der Waals surface area contributed by atoms with Gasteiger partial charge in [-0.1, -0.05) is 62.4 Å². The minimum absolute atomic E-state index is 0.335. The van der Waals surface area contributed by atoms with Crippen LogP contribution in [-0.2, 0) is 5.54 Å². The van der Waals surface area contributed by atoms with Gasteiger partial charge in [0.15, 0.2) is 17.3 Å². The number of imidazole rings is 1. The van der Waals surface area contributed by atoms with Gasteiger partial charge in [-0.15, -0.1) is 0 Å². The number of hydrogen-bond donors (Lipinski definition) is 1. The molecule has 0 atom stereocenters. The molecule has 0 amide bonds. The fourth-order valence-corrected chi connectivity index (χ4v) is 4.32. The maximum Gasteiger partial charge on any atom is 0.169 e. The van der Waals surface area contributed by atoms with Crippen LogP contribution in [0.2, 0.25) is 0 Å². The molecule has 0 radical (unpaired) electrons. The van der Waals surface area contributed by atoms with E-state index in [4.69, 9.17) is 15.7 Å². The van der Waals surface area contributed by atoms with Gasteiger partial charge >= 0.3 is 0 Å². The van der Waals surface area contributed by atoms with Crippen molar-refractivity contribution in [3.63, 3.8) is 0 Å². The van der Waals surface area contributed by atoms with E-state index >= 15 is 0 Å². The predicted octanol–water partition coefficient (Wildman–Crippen LogP) is 5.83. The van der Waals surface area contributed by atoms with Crippen LogP contribution >= 0.6 is 0 Å². The Morgan fingerprint density at radius 1 is 0.853 bits per heavy atom. The molecule has 0 spiro atoms. The van der Waals surface area contributed by atoms with Crippen LogP contribution in [0.15, 0.2) is 79.1 Å². The second-order valence-corrected chi connectivity index (χ2v) is 8.62. The summed E-state index contributed by atoms with van der Waals surface area (Å²) in [4.78, 5) is 19.1. The first-order valence-corrected chi connectivity index (χ1v) is 11.7. The molecule has 34 heavy (non-hydrogen) atoms. The lowest BCUT2D eigenvalue weighted by molar-refractivity contribution is 0.413. The van der Waals surface area contributed by atoms with Crippen molar-refractivity contribution < 1.29 is 0 Å². The largest absolute Gasteiger partial charge is 0.321 e. The highest BCUT2D eigenvalue weighted by Gasteiger charge is 2.24. The molecule has 0 aliphatic rings. The average Bonchev–Trinajstić information content (AvgIpc) is 3.27. The highest BCUT2D eigenvalue weighted by atomic mass is 15.2. The smallest absolute Gasteiger partial charge is 0.169 e. The second-order valence-electron chi connectivity index (χ2n) is 8.62. The second kappa shape index (κ2) is 8.80. The van der Waals surface area contributed by atoms with Crippen LogP contribution in [-0.4, -0.2) is 24.5 Å². The van der Waals surface area contributed by atoms with Gasteiger partial charge in [0, 0.05) is 23.0 Å². The standard InChI is InChI=1S/C28H28N6/c1-4-28(29,5-2)21-13-15-22(16-14-21)34-26-23(32-27(34)24-19(3)10-9-17-30-24)18-31-25(33-26)20-11-7-6-8-12-20/h6-18H,4-5,29H2,1-3H3. The normalized spacial score (nSPS) is 11.8. The van der Waals surface area contributed by atoms with E-state index in [1.165, 1.54) is 0 Å². The van der Waals surface area contributed by atoms with E-state index in [1.807, 2.05) is 49.4 Å². The van der Waals surface area contributed by atoms with Gasteiger partial charge in [-0.2, -0.15) is 0 Å². The third-order valence-corrected chi connectivity index (χ3v) is 6.62. The first-order chi connectivity index (χ1) is 16.5. The number of aryl methyl sites for hydroxylation is 1. The van der Waals surface area contributed by atoms with Crippen LogP contribution in [0.1, 0.15) is 37.8 Å². The molecule has 170 valence electrons. The summed E-state index contributed by atoms with van der Waals surface area (Å²) in [6, 6.07) is 22.4. The maximum atomic E-state index is 6.65. The molecule has 3 aromatic heterocycles. The van der Waals surface area contributed by atoms with Crippen molar-refractivity contribution in [2.24, 2.45) is 5.73 Å². The molecule has 0 saturated carbocycles. The lowest BCUT2D eigenvalue weighted by Gasteiger charge is -2.27. The van der Waals surface area contributed by atoms with Gasteiger partial charge in [0.1, 0.15) is 11.2 Å². The SMILES string of the molecule is CCC(N)(CC)c1ccc(-n2c(-c3ncccc3C)nc3cnc(-c4ccccc4)nc32)cc1. The Hall–Kier alpha value is -3.90. The third kappa shape index (κ3) is 3.76. The molecule has 6 nitrogen and oxygen atoms in total. The van der Waals surface area contributed by atoms with Crippen LogP contribution in [0.25, 0.3) is 39.8 Å². The Bertz CT molecular complexity index is 1430. The first kappa shape index (κ1) is 21.9. The van der Waals surface area contributed by atoms with Gasteiger partial charge < -0.3 is 5.73 Å². The average molecular weight is 449 g/mol. The van der Waals surface area contributed by atoms with Gasteiger partial charge in [0.25, 0.3) is 0 Å². The summed E-state index contributed by atoms with van der Waals surface area (Å²) < 4.78 is 2.07. The van der Waals surface area contributed by atoms with Gasteiger partial charge in [0.2, 0.25) is 0 Å². The zero-order valence-corrected chi connectivity index (χ0v) is 19.7. The monoisotopic (exact) mass is 448 g/mol. The van der Waals surface area contributed by atoms with E-state index in [1.54, 1.807) is 12.4 Å². The lowest BCUT2D eigenvalue weighted by atomic mass is 9.86. The lowest BCUT2D eigenvalue weighted by Crippen LogP contribution is -2.34. The topological polar surface area (TPSA) is 82.5 Å². The molecule has 0 fully saturated rings. The molecule has 0 saturated heterocycles. The minimum Gasteiger partial charge on any atom is -0.321 e. The summed E-state index contributed by atoms with van der Waals surface area (Å²) in [6.45, 7) is 6.30. The number of aromatic nitrogens is 5. The summed E-state index contributed by atoms with van der Waals surface area (Å²) in [5.41, 5.74) is 12.7. The zero-order chi connectivity index (χ0) is 23.7. The number of pyridine rings is 1. The highest BCUT2D eigenvalue weighted by Crippen LogP contribution is 2.31. The number of nitrogens with two attached hydrogens (primary N) is 1. The van der Waals surface area contributed by atoms with Crippen molar-refractivity contribution in [1.82, 2.24) is 24.5 Å². The summed E-state index contributed by atoms with van der Waals surface area (Å²) >= 11 is 0. The van der Waals surface area contributed by atoms with Crippen molar-refractivity contribution in [2.75, 3.05) is 0 Å². The zero-order valence-electron chi connectivity index (χ0n) is 19.7. The quantitative estimate of drug-likeness (QED) is 0.353. The number of fused-ring (bicyclic) bond motifs is 1. The number of rotatable bonds is 6. The molecule has 5 aromatic rings. The molecule has 3 heterocycles. The molecule has 0 aliphatic heterocycles. The number of nitrogens with zero attached hydrogens (tertiary/aromatic N) is 5. The summed E-state index contributed by atoms with van der Waals surface area (Å²) in [6.07, 6.45) is 5.34. The minimum atomic E-state index is -0.335. The molecular formula is C28H28N6. The van der Waals surface area contributed by atoms with Gasteiger partial charge in [-0.3, -0.25) is 9.55 Å². The predicted molar refractivity (Wildman–Crippen MR) is 137 cm³/mol. The van der Waals surface area contributed by atoms with E-state index in [0.29, 0.717) is 5.82 Å². The maximum absolute atomic E-state index is 6.65. The van der Waals surface area contributed by atoms with Crippen molar-refractivity contribution in [1.29, 1.82) is 0 Å². The molecule has 6 heteroatoms. The van der Waals surface area contributed by atoms with Crippen molar-refractivity contribution >= 4 is 11.2 Å². The van der Waals surface area contributed by atoms with E-state index in [2.05, 4.69) is 52.6 Å². The number of benzene rings is 2. The fourth-order valence-electron chi connectivity index (χ4n) is 4.32. The Labute approximate surface area is 199 Å². The Morgan fingerprint density at radius 3 is 2.26 bits per heavy atom. The van der Waals surface area contributed by atoms with E-state index < -0.39 is 0 Å². The summed E-state index contributed by atoms with van der Waals surface area (Å²) in [5.74, 6) is 1.40. The Morgan fingerprint density at radius 2 is 1.59 bits per heavy atom. The molecule has 2 aromatic carbocycles. The van der Waals surface area contributed by atoms with E-state index in [9.17, 15) is 0 Å². The molecule has 5 rings (SSSR count). The fraction of sp³-hybridized carbons (Fsp3) is 0.214. The van der Waals surface area contributed by atoms with Gasteiger partial charge in [0.05, 0.1) is 6.20 Å². The molecule has 0 unspecified atom stereocenters. The highest BCUT2D eigenvalue weighted by molar-refractivity contribution is 5.80. The van der Waals surface area contributed by atoms with Crippen LogP contribution < -0.4 is 5.73 Å². The Kier molecular flexibility index (Phi) is 5.67. The molecular weight excluding hydrogens is 420 g/mol. The van der Waals surface area contributed by atoms with Crippen LogP contribution in [0.3, 0.4) is 0 Å². The van der Waals surface area contributed by atoms with Gasteiger partial charge in [-0.05, 0) is 49.1 Å². The number of hydrogen-bond acceptors (Lipinski definition) is 5. The van der Waals surface area contributed by atoms with Crippen molar-refractivity contribution in [2.45, 2.75) is 39.2 Å². The molecule has 0 aliphatic carbocycles. The summed E-state index contributed by atoms with van der Waals surface area (Å²) in [7, 11) is 0. The van der Waals surface area contributed by atoms with Crippen molar-refractivity contribution in [3.8, 4) is 28.6 Å². The van der Waals surface area contributed by atoms with Crippen molar-refractivity contribution in [3.05, 3.63) is 90.3 Å². The van der Waals surface area contributed by atoms with Gasteiger partial charge in [-0.25, -0.2) is 15.0 Å². The Balaban J connectivity index is 1.74. The third-order valence-electron chi connectivity index (χ3n) is 6.62. The molecule has 0 bridgehead atoms. The van der Waals surface area contributed by atoms with E-state index in [0.717, 1.165) is 57.9 Å². The first-order valence-electron chi connectivity index (χ1n) is 11.7.